The molecule has 0 saturated heterocycles. The highest BCUT2D eigenvalue weighted by atomic mass is 35.5. The quantitative estimate of drug-likeness (QED) is 0.557. The van der Waals surface area contributed by atoms with Crippen molar-refractivity contribution in [2.24, 2.45) is 5.10 Å². The van der Waals surface area contributed by atoms with Crippen LogP contribution in [0, 0.1) is 6.92 Å². The predicted octanol–water partition coefficient (Wildman–Crippen LogP) is 5.14. The van der Waals surface area contributed by atoms with Gasteiger partial charge in [-0.1, -0.05) is 24.6 Å². The first-order valence-corrected chi connectivity index (χ1v) is 10.1. The normalized spacial score (nSPS) is 17.9. The van der Waals surface area contributed by atoms with Gasteiger partial charge in [-0.25, -0.2) is 5.43 Å². The molecule has 3 rings (SSSR count). The smallest absolute Gasteiger partial charge is 0.272 e. The Morgan fingerprint density at radius 1 is 1.34 bits per heavy atom. The molecule has 0 aliphatic carbocycles. The first-order chi connectivity index (χ1) is 13.6. The Morgan fingerprint density at radius 3 is 2.72 bits per heavy atom. The van der Waals surface area contributed by atoms with Crippen LogP contribution in [0.3, 0.4) is 0 Å². The summed E-state index contributed by atoms with van der Waals surface area (Å²) in [6, 6.07) is 9.44. The molecule has 1 heterocycles. The van der Waals surface area contributed by atoms with Crippen LogP contribution >= 0.6 is 11.6 Å². The van der Waals surface area contributed by atoms with E-state index in [0.717, 1.165) is 17.5 Å². The van der Waals surface area contributed by atoms with E-state index in [1.807, 2.05) is 19.1 Å². The molecule has 1 unspecified atom stereocenters. The zero-order valence-electron chi connectivity index (χ0n) is 17.8. The number of methoxy groups -OCH3 is 1. The van der Waals surface area contributed by atoms with Gasteiger partial charge in [0.25, 0.3) is 5.91 Å². The van der Waals surface area contributed by atoms with E-state index in [1.165, 1.54) is 11.3 Å². The molecule has 1 amide bonds. The number of halogens is 1. The molecule has 2 aromatic rings. The van der Waals surface area contributed by atoms with Crippen molar-refractivity contribution in [2.45, 2.75) is 45.6 Å². The number of rotatable bonds is 4. The van der Waals surface area contributed by atoms with Gasteiger partial charge in [-0.2, -0.15) is 5.10 Å². The fourth-order valence-corrected chi connectivity index (χ4v) is 4.23. The lowest BCUT2D eigenvalue weighted by molar-refractivity contribution is 0.0955. The van der Waals surface area contributed by atoms with Gasteiger partial charge in [-0.05, 0) is 62.4 Å². The predicted molar refractivity (Wildman–Crippen MR) is 120 cm³/mol. The Bertz CT molecular complexity index is 969. The minimum Gasteiger partial charge on any atom is -0.496 e. The summed E-state index contributed by atoms with van der Waals surface area (Å²) >= 11 is 6.16. The maximum absolute atomic E-state index is 12.4. The lowest BCUT2D eigenvalue weighted by atomic mass is 9.80. The van der Waals surface area contributed by atoms with Gasteiger partial charge in [-0.15, -0.1) is 0 Å². The number of nitrogens with zero attached hydrogens (tertiary/aromatic N) is 2. The number of amides is 1. The molecule has 0 bridgehead atoms. The molecular formula is C23H28ClN3O2. The maximum atomic E-state index is 12.4. The fraction of sp³-hybridized carbons (Fsp3) is 0.391. The summed E-state index contributed by atoms with van der Waals surface area (Å²) in [7, 11) is 3.75. The van der Waals surface area contributed by atoms with Crippen molar-refractivity contribution in [3.63, 3.8) is 0 Å². The summed E-state index contributed by atoms with van der Waals surface area (Å²) < 4.78 is 5.59. The van der Waals surface area contributed by atoms with Crippen molar-refractivity contribution >= 4 is 29.4 Å². The molecular weight excluding hydrogens is 386 g/mol. The van der Waals surface area contributed by atoms with E-state index in [1.54, 1.807) is 25.5 Å². The zero-order valence-corrected chi connectivity index (χ0v) is 18.6. The Hall–Kier alpha value is -2.53. The van der Waals surface area contributed by atoms with E-state index < -0.39 is 0 Å². The summed E-state index contributed by atoms with van der Waals surface area (Å²) in [6.07, 6.45) is 2.67. The molecule has 1 aliphatic rings. The van der Waals surface area contributed by atoms with E-state index >= 15 is 0 Å². The Morgan fingerprint density at radius 2 is 2.07 bits per heavy atom. The zero-order chi connectivity index (χ0) is 21.3. The number of aryl methyl sites for hydroxylation is 1. The standard InChI is InChI=1S/C23H28ClN3O2/c1-14-7-8-17(19(24)9-14)22(28)26-25-13-16-10-18-15(2)12-23(3,4)27(5)20(18)11-21(16)29-6/h7-11,13,15H,12H2,1-6H3,(H,26,28)/b25-13-. The van der Waals surface area contributed by atoms with Crippen LogP contribution in [0.2, 0.25) is 5.02 Å². The average Bonchev–Trinajstić information content (AvgIpc) is 2.65. The van der Waals surface area contributed by atoms with Crippen LogP contribution < -0.4 is 15.1 Å². The number of fused-ring (bicyclic) bond motifs is 1. The van der Waals surface area contributed by atoms with Gasteiger partial charge in [0.15, 0.2) is 0 Å². The summed E-state index contributed by atoms with van der Waals surface area (Å²) in [5.41, 5.74) is 7.26. The molecule has 2 aromatic carbocycles. The molecule has 1 atom stereocenters. The number of anilines is 1. The first-order valence-electron chi connectivity index (χ1n) is 9.69. The van der Waals surface area contributed by atoms with Crippen LogP contribution in [0.25, 0.3) is 0 Å². The molecule has 1 aliphatic heterocycles. The highest BCUT2D eigenvalue weighted by Gasteiger charge is 2.34. The van der Waals surface area contributed by atoms with Crippen molar-refractivity contribution in [3.05, 3.63) is 57.6 Å². The third-order valence-corrected chi connectivity index (χ3v) is 6.04. The van der Waals surface area contributed by atoms with Gasteiger partial charge in [0.05, 0.1) is 23.9 Å². The molecule has 29 heavy (non-hydrogen) atoms. The molecule has 0 radical (unpaired) electrons. The summed E-state index contributed by atoms with van der Waals surface area (Å²) in [5, 5.41) is 4.54. The van der Waals surface area contributed by atoms with Crippen LogP contribution in [-0.2, 0) is 0 Å². The summed E-state index contributed by atoms with van der Waals surface area (Å²) in [5.74, 6) is 0.778. The lowest BCUT2D eigenvalue weighted by Gasteiger charge is -2.45. The third-order valence-electron chi connectivity index (χ3n) is 5.72. The summed E-state index contributed by atoms with van der Waals surface area (Å²) in [4.78, 5) is 14.7. The lowest BCUT2D eigenvalue weighted by Crippen LogP contribution is -2.45. The van der Waals surface area contributed by atoms with Crippen molar-refractivity contribution in [3.8, 4) is 5.75 Å². The largest absolute Gasteiger partial charge is 0.496 e. The van der Waals surface area contributed by atoms with Gasteiger partial charge >= 0.3 is 0 Å². The number of hydrogen-bond acceptors (Lipinski definition) is 4. The molecule has 0 aromatic heterocycles. The van der Waals surface area contributed by atoms with Crippen LogP contribution in [0.15, 0.2) is 35.4 Å². The Labute approximate surface area is 177 Å². The second kappa shape index (κ2) is 8.07. The van der Waals surface area contributed by atoms with E-state index in [9.17, 15) is 4.79 Å². The number of benzene rings is 2. The molecule has 0 fully saturated rings. The highest BCUT2D eigenvalue weighted by molar-refractivity contribution is 6.33. The minimum absolute atomic E-state index is 0.0777. The molecule has 0 saturated carbocycles. The van der Waals surface area contributed by atoms with Gasteiger partial charge in [-0.3, -0.25) is 4.79 Å². The fourth-order valence-electron chi connectivity index (χ4n) is 3.91. The topological polar surface area (TPSA) is 53.9 Å². The van der Waals surface area contributed by atoms with Crippen molar-refractivity contribution in [1.29, 1.82) is 0 Å². The Balaban J connectivity index is 1.86. The second-order valence-electron chi connectivity index (χ2n) is 8.31. The monoisotopic (exact) mass is 413 g/mol. The maximum Gasteiger partial charge on any atom is 0.272 e. The Kier molecular flexibility index (Phi) is 5.90. The van der Waals surface area contributed by atoms with E-state index in [-0.39, 0.29) is 11.4 Å². The van der Waals surface area contributed by atoms with Crippen LogP contribution in [-0.4, -0.2) is 31.8 Å². The number of carbonyl (C=O) groups excluding carboxylic acids is 1. The third kappa shape index (κ3) is 4.25. The molecule has 6 heteroatoms. The number of nitrogens with one attached hydrogen (secondary N) is 1. The van der Waals surface area contributed by atoms with Crippen molar-refractivity contribution in [1.82, 2.24) is 5.43 Å². The number of hydrazone groups is 1. The number of hydrogen-bond donors (Lipinski definition) is 1. The minimum atomic E-state index is -0.349. The first kappa shape index (κ1) is 21.2. The van der Waals surface area contributed by atoms with Crippen molar-refractivity contribution < 1.29 is 9.53 Å². The second-order valence-corrected chi connectivity index (χ2v) is 8.72. The average molecular weight is 414 g/mol. The molecule has 5 nitrogen and oxygen atoms in total. The van der Waals surface area contributed by atoms with Crippen LogP contribution in [0.4, 0.5) is 5.69 Å². The van der Waals surface area contributed by atoms with Crippen LogP contribution in [0.5, 0.6) is 5.75 Å². The SMILES string of the molecule is COc1cc2c(cc1/C=N\NC(=O)c1ccc(C)cc1Cl)C(C)CC(C)(C)N2C. The van der Waals surface area contributed by atoms with E-state index in [2.05, 4.69) is 49.3 Å². The van der Waals surface area contributed by atoms with E-state index in [4.69, 9.17) is 16.3 Å². The number of carbonyl (C=O) groups is 1. The van der Waals surface area contributed by atoms with Gasteiger partial charge < -0.3 is 9.64 Å². The summed E-state index contributed by atoms with van der Waals surface area (Å²) in [6.45, 7) is 8.66. The molecule has 0 spiro atoms. The van der Waals surface area contributed by atoms with Gasteiger partial charge in [0, 0.05) is 29.9 Å². The van der Waals surface area contributed by atoms with Crippen LogP contribution in [0.1, 0.15) is 60.2 Å². The van der Waals surface area contributed by atoms with Gasteiger partial charge in [0.2, 0.25) is 0 Å². The van der Waals surface area contributed by atoms with Gasteiger partial charge in [0.1, 0.15) is 5.75 Å². The molecule has 1 N–H and O–H groups in total. The highest BCUT2D eigenvalue weighted by Crippen LogP contribution is 2.44. The van der Waals surface area contributed by atoms with Crippen molar-refractivity contribution in [2.75, 3.05) is 19.1 Å². The number of ether oxygens (including phenoxy) is 1. The van der Waals surface area contributed by atoms with E-state index in [0.29, 0.717) is 22.3 Å². The molecule has 154 valence electrons.